The molecule has 0 saturated heterocycles. The molecule has 0 aliphatic carbocycles. The maximum Gasteiger partial charge on any atom is 2.00 e. The van der Waals surface area contributed by atoms with Crippen LogP contribution in [-0.2, 0) is 21.7 Å². The summed E-state index contributed by atoms with van der Waals surface area (Å²) in [5.74, 6) is 0. The van der Waals surface area contributed by atoms with Crippen molar-refractivity contribution in [1.82, 2.24) is 0 Å². The molecule has 28 heavy (non-hydrogen) atoms. The summed E-state index contributed by atoms with van der Waals surface area (Å²) < 4.78 is 0. The number of rotatable bonds is 2. The molecule has 0 saturated carbocycles. The minimum Gasteiger partial charge on any atom is -0.165 e. The van der Waals surface area contributed by atoms with Gasteiger partial charge in [0.05, 0.1) is 0 Å². The number of hydrogen-bond acceptors (Lipinski definition) is 0. The van der Waals surface area contributed by atoms with Crippen LogP contribution < -0.4 is 10.6 Å². The fourth-order valence-electron chi connectivity index (χ4n) is 3.51. The molecular weight excluding hydrogens is 391 g/mol. The maximum atomic E-state index is 2.29. The first kappa shape index (κ1) is 20.8. The van der Waals surface area contributed by atoms with Crippen LogP contribution in [0.5, 0.6) is 0 Å². The first-order valence-electron chi connectivity index (χ1n) is 9.30. The van der Waals surface area contributed by atoms with Crippen molar-refractivity contribution in [2.45, 2.75) is 13.8 Å². The molecule has 0 aromatic heterocycles. The van der Waals surface area contributed by atoms with Gasteiger partial charge < -0.3 is 0 Å². The van der Waals surface area contributed by atoms with E-state index < -0.39 is 0 Å². The molecular formula is C26H23PTi. The van der Waals surface area contributed by atoms with Gasteiger partial charge in [-0.1, -0.05) is 56.3 Å². The second-order valence-corrected chi connectivity index (χ2v) is 8.27. The van der Waals surface area contributed by atoms with Gasteiger partial charge >= 0.3 is 21.7 Å². The Morgan fingerprint density at radius 3 is 2.07 bits per heavy atom. The summed E-state index contributed by atoms with van der Waals surface area (Å²) in [6.45, 7) is 4.34. The molecule has 5 aromatic carbocycles. The number of aryl methyl sites for hydroxylation is 2. The van der Waals surface area contributed by atoms with Crippen LogP contribution in [0.4, 0.5) is 0 Å². The third-order valence-electron chi connectivity index (χ3n) is 4.80. The van der Waals surface area contributed by atoms with Crippen LogP contribution in [-0.4, -0.2) is 0 Å². The van der Waals surface area contributed by atoms with E-state index in [9.17, 15) is 0 Å². The molecule has 0 radical (unpaired) electrons. The van der Waals surface area contributed by atoms with Crippen molar-refractivity contribution in [2.24, 2.45) is 0 Å². The minimum atomic E-state index is 0. The van der Waals surface area contributed by atoms with E-state index >= 15 is 0 Å². The van der Waals surface area contributed by atoms with Crippen LogP contribution in [0, 0.1) is 13.8 Å². The fraction of sp³-hybridized carbons (Fsp3) is 0.0769. The summed E-state index contributed by atoms with van der Waals surface area (Å²) in [5, 5.41) is 8.37. The van der Waals surface area contributed by atoms with Gasteiger partial charge in [0.2, 0.25) is 0 Å². The second-order valence-electron chi connectivity index (χ2n) is 6.94. The molecule has 0 amide bonds. The minimum absolute atomic E-state index is 0. The van der Waals surface area contributed by atoms with Gasteiger partial charge in [-0.25, -0.2) is 0 Å². The van der Waals surface area contributed by atoms with Crippen LogP contribution >= 0.6 is 8.58 Å². The Bertz CT molecular complexity index is 1130. The molecule has 2 heteroatoms. The van der Waals surface area contributed by atoms with E-state index in [-0.39, 0.29) is 21.7 Å². The Kier molecular flexibility index (Phi) is 7.03. The van der Waals surface area contributed by atoms with Crippen molar-refractivity contribution in [3.63, 3.8) is 0 Å². The number of hydrogen-bond donors (Lipinski definition) is 0. The van der Waals surface area contributed by atoms with E-state index in [1.165, 1.54) is 43.3 Å². The van der Waals surface area contributed by atoms with Crippen LogP contribution in [0.1, 0.15) is 11.1 Å². The molecule has 1 atom stereocenters. The Morgan fingerprint density at radius 1 is 0.679 bits per heavy atom. The first-order chi connectivity index (χ1) is 13.2. The topological polar surface area (TPSA) is 0 Å². The molecule has 0 heterocycles. The largest absolute Gasteiger partial charge is 2.00 e. The summed E-state index contributed by atoms with van der Waals surface area (Å²) in [7, 11) is 0.754. The van der Waals surface area contributed by atoms with E-state index in [1.54, 1.807) is 0 Å². The molecule has 1 unspecified atom stereocenters. The van der Waals surface area contributed by atoms with E-state index in [0.717, 1.165) is 8.58 Å². The molecule has 0 nitrogen and oxygen atoms in total. The standard InChI is InChI=1S/C16H14P.C10H9.Ti/c1-12-11-13-7-5-6-10-15(13)16(12)17-14-8-3-2-4-9-14;1-8-6-9-4-2-3-5-10(9)7-8;/h2-11,17H,1H3;2-7H,1H3;/q2*-1;+2. The third-order valence-corrected chi connectivity index (χ3v) is 6.34. The quantitative estimate of drug-likeness (QED) is 0.179. The molecule has 0 fully saturated rings. The van der Waals surface area contributed by atoms with Crippen LogP contribution in [0.15, 0.2) is 97.1 Å². The summed E-state index contributed by atoms with van der Waals surface area (Å²) in [4.78, 5) is 0. The van der Waals surface area contributed by atoms with E-state index in [4.69, 9.17) is 0 Å². The van der Waals surface area contributed by atoms with Gasteiger partial charge in [0.25, 0.3) is 0 Å². The zero-order valence-corrected chi connectivity index (χ0v) is 18.8. The van der Waals surface area contributed by atoms with Crippen molar-refractivity contribution >= 4 is 40.7 Å². The summed E-state index contributed by atoms with van der Waals surface area (Å²) in [6, 6.07) is 34.5. The second kappa shape index (κ2) is 9.48. The van der Waals surface area contributed by atoms with Gasteiger partial charge in [0, 0.05) is 0 Å². The molecule has 5 rings (SSSR count). The third kappa shape index (κ3) is 4.71. The molecule has 136 valence electrons. The average molecular weight is 414 g/mol. The van der Waals surface area contributed by atoms with Crippen molar-refractivity contribution in [2.75, 3.05) is 0 Å². The van der Waals surface area contributed by atoms with Crippen molar-refractivity contribution in [3.05, 3.63) is 108 Å². The van der Waals surface area contributed by atoms with E-state index in [0.29, 0.717) is 0 Å². The van der Waals surface area contributed by atoms with E-state index in [1.807, 2.05) is 0 Å². The van der Waals surface area contributed by atoms with Gasteiger partial charge in [-0.2, -0.15) is 6.07 Å². The Hall–Kier alpha value is -1.98. The summed E-state index contributed by atoms with van der Waals surface area (Å²) in [5.41, 5.74) is 2.76. The van der Waals surface area contributed by atoms with E-state index in [2.05, 4.69) is 111 Å². The van der Waals surface area contributed by atoms with Crippen molar-refractivity contribution in [1.29, 1.82) is 0 Å². The van der Waals surface area contributed by atoms with Crippen molar-refractivity contribution in [3.8, 4) is 0 Å². The van der Waals surface area contributed by atoms with Gasteiger partial charge in [0.1, 0.15) is 0 Å². The number of fused-ring (bicyclic) bond motifs is 2. The summed E-state index contributed by atoms with van der Waals surface area (Å²) >= 11 is 0. The summed E-state index contributed by atoms with van der Waals surface area (Å²) in [6.07, 6.45) is 0. The molecule has 0 bridgehead atoms. The SMILES string of the molecule is Cc1[cH-]c2ccccc2c1Pc1ccccc1.Cc1cc2ccccc2[cH-]1.[Ti+2]. The Morgan fingerprint density at radius 2 is 1.32 bits per heavy atom. The molecule has 0 spiro atoms. The average Bonchev–Trinajstić information content (AvgIpc) is 3.22. The van der Waals surface area contributed by atoms with Crippen LogP contribution in [0.25, 0.3) is 21.5 Å². The van der Waals surface area contributed by atoms with Crippen molar-refractivity contribution < 1.29 is 21.7 Å². The molecule has 0 aliphatic rings. The molecule has 0 N–H and O–H groups in total. The monoisotopic (exact) mass is 414 g/mol. The maximum absolute atomic E-state index is 2.29. The zero-order valence-electron chi connectivity index (χ0n) is 16.2. The van der Waals surface area contributed by atoms with Crippen LogP contribution in [0.2, 0.25) is 0 Å². The van der Waals surface area contributed by atoms with Gasteiger partial charge in [0.15, 0.2) is 0 Å². The van der Waals surface area contributed by atoms with Gasteiger partial charge in [-0.3, -0.25) is 0 Å². The van der Waals surface area contributed by atoms with Crippen LogP contribution in [0.3, 0.4) is 0 Å². The molecule has 0 aliphatic heterocycles. The smallest absolute Gasteiger partial charge is 0.165 e. The Labute approximate surface area is 184 Å². The predicted molar refractivity (Wildman–Crippen MR) is 123 cm³/mol. The Balaban J connectivity index is 0.000000175. The number of benzene rings is 3. The first-order valence-corrected chi connectivity index (χ1v) is 10.3. The van der Waals surface area contributed by atoms with Gasteiger partial charge in [-0.05, 0) is 5.30 Å². The zero-order chi connectivity index (χ0) is 18.6. The molecule has 5 aromatic rings. The fourth-order valence-corrected chi connectivity index (χ4v) is 4.79. The normalized spacial score (nSPS) is 10.8. The predicted octanol–water partition coefficient (Wildman–Crippen LogP) is 6.36. The van der Waals surface area contributed by atoms with Gasteiger partial charge in [-0.15, -0.1) is 95.1 Å².